The quantitative estimate of drug-likeness (QED) is 0.744. The van der Waals surface area contributed by atoms with Crippen molar-refractivity contribution in [3.05, 3.63) is 52.0 Å². The lowest BCUT2D eigenvalue weighted by Gasteiger charge is -2.04. The molecule has 4 nitrogen and oxygen atoms in total. The van der Waals surface area contributed by atoms with E-state index in [0.29, 0.717) is 22.5 Å². The molecule has 0 amide bonds. The number of anilines is 1. The van der Waals surface area contributed by atoms with Gasteiger partial charge in [0.2, 0.25) is 5.95 Å². The van der Waals surface area contributed by atoms with Gasteiger partial charge in [-0.1, -0.05) is 29.3 Å². The van der Waals surface area contributed by atoms with Crippen LogP contribution in [0.25, 0.3) is 11.0 Å². The smallest absolute Gasteiger partial charge is 0.201 e. The van der Waals surface area contributed by atoms with Gasteiger partial charge in [-0.15, -0.1) is 0 Å². The molecule has 21 heavy (non-hydrogen) atoms. The molecular formula is C15H13Cl2N3O. The largest absolute Gasteiger partial charge is 0.497 e. The second kappa shape index (κ2) is 5.84. The lowest BCUT2D eigenvalue weighted by Crippen LogP contribution is -2.00. The van der Waals surface area contributed by atoms with Gasteiger partial charge in [0.25, 0.3) is 0 Å². The molecule has 1 heterocycles. The summed E-state index contributed by atoms with van der Waals surface area (Å²) in [6.07, 6.45) is 0. The first-order chi connectivity index (χ1) is 10.2. The number of rotatable bonds is 4. The minimum atomic E-state index is 0.547. The van der Waals surface area contributed by atoms with E-state index >= 15 is 0 Å². The number of halogens is 2. The topological polar surface area (TPSA) is 49.9 Å². The third-order valence-corrected chi connectivity index (χ3v) is 3.87. The highest BCUT2D eigenvalue weighted by Gasteiger charge is 2.05. The number of benzene rings is 2. The van der Waals surface area contributed by atoms with Crippen molar-refractivity contribution in [2.75, 3.05) is 12.4 Å². The summed E-state index contributed by atoms with van der Waals surface area (Å²) in [5, 5.41) is 4.32. The van der Waals surface area contributed by atoms with Crippen LogP contribution in [0.15, 0.2) is 36.4 Å². The van der Waals surface area contributed by atoms with Crippen molar-refractivity contribution in [2.24, 2.45) is 0 Å². The molecule has 0 unspecified atom stereocenters. The molecule has 0 atom stereocenters. The van der Waals surface area contributed by atoms with E-state index in [1.54, 1.807) is 13.2 Å². The number of H-pyrrole nitrogens is 1. The van der Waals surface area contributed by atoms with Gasteiger partial charge < -0.3 is 15.0 Å². The molecule has 0 aliphatic carbocycles. The molecule has 108 valence electrons. The number of imidazole rings is 1. The molecule has 0 fully saturated rings. The summed E-state index contributed by atoms with van der Waals surface area (Å²) in [4.78, 5) is 7.67. The lowest BCUT2D eigenvalue weighted by molar-refractivity contribution is 0.415. The van der Waals surface area contributed by atoms with Crippen molar-refractivity contribution in [2.45, 2.75) is 6.54 Å². The van der Waals surface area contributed by atoms with Gasteiger partial charge in [-0.3, -0.25) is 0 Å². The Hall–Kier alpha value is -1.91. The number of fused-ring (bicyclic) bond motifs is 1. The Morgan fingerprint density at radius 3 is 2.76 bits per heavy atom. The third-order valence-electron chi connectivity index (χ3n) is 3.13. The molecule has 1 aromatic heterocycles. The van der Waals surface area contributed by atoms with Crippen molar-refractivity contribution in [3.63, 3.8) is 0 Å². The first-order valence-corrected chi connectivity index (χ1v) is 7.13. The maximum atomic E-state index is 6.00. The zero-order valence-corrected chi connectivity index (χ0v) is 12.8. The van der Waals surface area contributed by atoms with Gasteiger partial charge in [-0.05, 0) is 29.8 Å². The molecule has 6 heteroatoms. The highest BCUT2D eigenvalue weighted by atomic mass is 35.5. The minimum Gasteiger partial charge on any atom is -0.497 e. The first kappa shape index (κ1) is 14.0. The van der Waals surface area contributed by atoms with Crippen molar-refractivity contribution in [3.8, 4) is 5.75 Å². The Morgan fingerprint density at radius 1 is 1.14 bits per heavy atom. The lowest BCUT2D eigenvalue weighted by atomic mass is 10.2. The molecule has 0 bridgehead atoms. The van der Waals surface area contributed by atoms with Crippen LogP contribution in [0.5, 0.6) is 5.75 Å². The Morgan fingerprint density at radius 2 is 2.00 bits per heavy atom. The number of nitrogens with one attached hydrogen (secondary N) is 2. The van der Waals surface area contributed by atoms with Crippen LogP contribution in [0.4, 0.5) is 5.95 Å². The maximum absolute atomic E-state index is 6.00. The standard InChI is InChI=1S/C15H13Cl2N3O/c1-21-10-3-5-13-14(7-10)20-15(19-13)18-8-9-2-4-11(16)12(17)6-9/h2-7H,8H2,1H3,(H2,18,19,20). The van der Waals surface area contributed by atoms with Gasteiger partial charge in [-0.25, -0.2) is 4.98 Å². The van der Waals surface area contributed by atoms with Crippen LogP contribution < -0.4 is 10.1 Å². The fourth-order valence-corrected chi connectivity index (χ4v) is 2.36. The molecule has 0 radical (unpaired) electrons. The van der Waals surface area contributed by atoms with Crippen LogP contribution >= 0.6 is 23.2 Å². The summed E-state index contributed by atoms with van der Waals surface area (Å²) >= 11 is 11.9. The highest BCUT2D eigenvalue weighted by Crippen LogP contribution is 2.24. The van der Waals surface area contributed by atoms with Crippen molar-refractivity contribution >= 4 is 40.2 Å². The number of ether oxygens (including phenoxy) is 1. The fourth-order valence-electron chi connectivity index (χ4n) is 2.03. The predicted octanol–water partition coefficient (Wildman–Crippen LogP) is 4.49. The van der Waals surface area contributed by atoms with Crippen LogP contribution in [-0.4, -0.2) is 17.1 Å². The first-order valence-electron chi connectivity index (χ1n) is 6.37. The third kappa shape index (κ3) is 3.06. The van der Waals surface area contributed by atoms with E-state index in [-0.39, 0.29) is 0 Å². The molecule has 3 aromatic rings. The van der Waals surface area contributed by atoms with E-state index in [0.717, 1.165) is 22.3 Å². The Balaban J connectivity index is 1.76. The molecule has 0 spiro atoms. The van der Waals surface area contributed by atoms with Crippen LogP contribution in [0, 0.1) is 0 Å². The summed E-state index contributed by atoms with van der Waals surface area (Å²) in [5.41, 5.74) is 2.83. The van der Waals surface area contributed by atoms with E-state index in [1.165, 1.54) is 0 Å². The van der Waals surface area contributed by atoms with E-state index in [2.05, 4.69) is 15.3 Å². The van der Waals surface area contributed by atoms with Crippen LogP contribution in [-0.2, 0) is 6.54 Å². The second-order valence-corrected chi connectivity index (χ2v) is 5.38. The van der Waals surface area contributed by atoms with Gasteiger partial charge in [-0.2, -0.15) is 0 Å². The molecular weight excluding hydrogens is 309 g/mol. The maximum Gasteiger partial charge on any atom is 0.201 e. The Bertz CT molecular complexity index is 786. The molecule has 2 aromatic carbocycles. The molecule has 3 rings (SSSR count). The van der Waals surface area contributed by atoms with E-state index in [9.17, 15) is 0 Å². The van der Waals surface area contributed by atoms with Crippen molar-refractivity contribution in [1.29, 1.82) is 0 Å². The minimum absolute atomic E-state index is 0.547. The summed E-state index contributed by atoms with van der Waals surface area (Å²) < 4.78 is 5.19. The second-order valence-electron chi connectivity index (χ2n) is 4.57. The van der Waals surface area contributed by atoms with Crippen LogP contribution in [0.2, 0.25) is 10.0 Å². The molecule has 0 aliphatic rings. The van der Waals surface area contributed by atoms with E-state index in [4.69, 9.17) is 27.9 Å². The summed E-state index contributed by atoms with van der Waals surface area (Å²) in [6, 6.07) is 11.2. The number of aromatic amines is 1. The average molecular weight is 322 g/mol. The summed E-state index contributed by atoms with van der Waals surface area (Å²) in [6.45, 7) is 0.605. The average Bonchev–Trinajstić information content (AvgIpc) is 2.90. The SMILES string of the molecule is COc1ccc2nc(NCc3ccc(Cl)c(Cl)c3)[nH]c2c1. The number of hydrogen-bond acceptors (Lipinski definition) is 3. The molecule has 0 aliphatic heterocycles. The zero-order chi connectivity index (χ0) is 14.8. The number of nitrogens with zero attached hydrogens (tertiary/aromatic N) is 1. The predicted molar refractivity (Wildman–Crippen MR) is 86.4 cm³/mol. The zero-order valence-electron chi connectivity index (χ0n) is 11.3. The van der Waals surface area contributed by atoms with Gasteiger partial charge in [0.1, 0.15) is 5.75 Å². The Kier molecular flexibility index (Phi) is 3.90. The van der Waals surface area contributed by atoms with Gasteiger partial charge in [0, 0.05) is 12.6 Å². The van der Waals surface area contributed by atoms with Crippen molar-refractivity contribution in [1.82, 2.24) is 9.97 Å². The van der Waals surface area contributed by atoms with Gasteiger partial charge >= 0.3 is 0 Å². The highest BCUT2D eigenvalue weighted by molar-refractivity contribution is 6.42. The number of hydrogen-bond donors (Lipinski definition) is 2. The van der Waals surface area contributed by atoms with Gasteiger partial charge in [0.15, 0.2) is 0 Å². The Labute approximate surface area is 132 Å². The summed E-state index contributed by atoms with van der Waals surface area (Å²) in [7, 11) is 1.64. The number of aromatic nitrogens is 2. The van der Waals surface area contributed by atoms with E-state index in [1.807, 2.05) is 30.3 Å². The van der Waals surface area contributed by atoms with Crippen molar-refractivity contribution < 1.29 is 4.74 Å². The number of methoxy groups -OCH3 is 1. The van der Waals surface area contributed by atoms with E-state index < -0.39 is 0 Å². The molecule has 2 N–H and O–H groups in total. The van der Waals surface area contributed by atoms with Gasteiger partial charge in [0.05, 0.1) is 28.2 Å². The molecule has 0 saturated heterocycles. The van der Waals surface area contributed by atoms with Crippen LogP contribution in [0.3, 0.4) is 0 Å². The normalized spacial score (nSPS) is 10.8. The fraction of sp³-hybridized carbons (Fsp3) is 0.133. The monoisotopic (exact) mass is 321 g/mol. The summed E-state index contributed by atoms with van der Waals surface area (Å²) in [5.74, 6) is 1.49. The van der Waals surface area contributed by atoms with Crippen LogP contribution in [0.1, 0.15) is 5.56 Å². The molecule has 0 saturated carbocycles.